The minimum atomic E-state index is -1.41. The van der Waals surface area contributed by atoms with E-state index in [2.05, 4.69) is 76.1 Å². The first-order chi connectivity index (χ1) is 59.1. The number of hydrogen-bond acceptors (Lipinski definition) is 20. The number of nitrogens with one attached hydrogen (secondary N) is 9. The Bertz CT molecular complexity index is 5490. The number of carboxylic acid groups (broad SMARTS) is 1. The number of rotatable bonds is 34. The highest BCUT2D eigenvalue weighted by Crippen LogP contribution is 2.46. The number of H-pyrrole nitrogens is 1. The summed E-state index contributed by atoms with van der Waals surface area (Å²) in [6.07, 6.45) is 6.85. The third kappa shape index (κ3) is 20.6. The van der Waals surface area contributed by atoms with E-state index in [-0.39, 0.29) is 74.9 Å². The number of likely N-dealkylation sites (tertiary alicyclic amines) is 1. The lowest BCUT2D eigenvalue weighted by atomic mass is 9.87. The fourth-order valence-electron chi connectivity index (χ4n) is 16.0. The van der Waals surface area contributed by atoms with Crippen molar-refractivity contribution in [2.75, 3.05) is 109 Å². The van der Waals surface area contributed by atoms with Crippen LogP contribution in [0.1, 0.15) is 104 Å². The van der Waals surface area contributed by atoms with Gasteiger partial charge in [0.05, 0.1) is 69.3 Å². The molecule has 3 aromatic heterocycles. The quantitative estimate of drug-likeness (QED) is 0.0122. The molecule has 5 aliphatic rings. The largest absolute Gasteiger partial charge is 0.495 e. The van der Waals surface area contributed by atoms with Crippen LogP contribution in [0, 0.1) is 11.8 Å². The Labute approximate surface area is 703 Å². The zero-order chi connectivity index (χ0) is 85.4. The van der Waals surface area contributed by atoms with E-state index in [0.29, 0.717) is 70.3 Å². The Morgan fingerprint density at radius 1 is 0.680 bits per heavy atom. The van der Waals surface area contributed by atoms with Gasteiger partial charge in [-0.25, -0.2) is 24.5 Å². The number of urea groups is 1. The smallest absolute Gasteiger partial charge is 0.407 e. The van der Waals surface area contributed by atoms with Gasteiger partial charge in [-0.05, 0) is 121 Å². The molecule has 14 rings (SSSR count). The highest BCUT2D eigenvalue weighted by molar-refractivity contribution is 6.07. The molecule has 0 unspecified atom stereocenters. The molecule has 9 aromatic rings. The van der Waals surface area contributed by atoms with Gasteiger partial charge in [-0.1, -0.05) is 127 Å². The molecule has 10 amide bonds. The summed E-state index contributed by atoms with van der Waals surface area (Å²) in [7, 11) is 3.19. The summed E-state index contributed by atoms with van der Waals surface area (Å²) in [6.45, 7) is 2.83. The number of anilines is 2. The van der Waals surface area contributed by atoms with Gasteiger partial charge in [0, 0.05) is 111 Å². The van der Waals surface area contributed by atoms with Gasteiger partial charge in [-0.15, -0.1) is 0 Å². The van der Waals surface area contributed by atoms with Gasteiger partial charge >= 0.3 is 18.1 Å². The van der Waals surface area contributed by atoms with Crippen LogP contribution in [0.5, 0.6) is 5.75 Å². The van der Waals surface area contributed by atoms with Crippen LogP contribution in [0.15, 0.2) is 169 Å². The van der Waals surface area contributed by atoms with E-state index in [0.717, 1.165) is 101 Å². The maximum Gasteiger partial charge on any atom is 0.407 e. The van der Waals surface area contributed by atoms with Gasteiger partial charge in [0.15, 0.2) is 5.60 Å². The first-order valence-electron chi connectivity index (χ1n) is 40.9. The molecule has 634 valence electrons. The molecule has 0 radical (unpaired) electrons. The Kier molecular flexibility index (Phi) is 27.1. The molecule has 3 saturated heterocycles. The second kappa shape index (κ2) is 38.8. The lowest BCUT2D eigenvalue weighted by Gasteiger charge is -2.45. The van der Waals surface area contributed by atoms with E-state index in [4.69, 9.17) is 34.0 Å². The molecule has 4 fully saturated rings. The molecule has 6 aromatic carbocycles. The topological polar surface area (TPSA) is 401 Å². The molecule has 6 heterocycles. The highest BCUT2D eigenvalue weighted by Gasteiger charge is 2.46. The fourth-order valence-corrected chi connectivity index (χ4v) is 16.0. The van der Waals surface area contributed by atoms with E-state index in [1.807, 2.05) is 115 Å². The maximum absolute atomic E-state index is 14.0. The number of carbonyl (C=O) groups is 10. The van der Waals surface area contributed by atoms with Crippen molar-refractivity contribution in [3.8, 4) is 39.8 Å². The lowest BCUT2D eigenvalue weighted by Crippen LogP contribution is -2.56. The molecule has 10 N–H and O–H groups in total. The predicted molar refractivity (Wildman–Crippen MR) is 453 cm³/mol. The van der Waals surface area contributed by atoms with Gasteiger partial charge in [0.25, 0.3) is 5.56 Å². The summed E-state index contributed by atoms with van der Waals surface area (Å²) in [5.74, 6) is 1.58. The molecule has 32 nitrogen and oxygen atoms in total. The van der Waals surface area contributed by atoms with Gasteiger partial charge in [0.2, 0.25) is 47.3 Å². The number of aromatic nitrogens is 4. The normalized spacial score (nSPS) is 16.0. The number of piperidine rings is 2. The van der Waals surface area contributed by atoms with Crippen LogP contribution in [0.4, 0.5) is 21.2 Å². The van der Waals surface area contributed by atoms with Crippen LogP contribution in [-0.2, 0) is 71.6 Å². The van der Waals surface area contributed by atoms with Gasteiger partial charge in [0.1, 0.15) is 43.9 Å². The van der Waals surface area contributed by atoms with Crippen molar-refractivity contribution in [1.82, 2.24) is 71.9 Å². The summed E-state index contributed by atoms with van der Waals surface area (Å²) in [4.78, 5) is 164. The Morgan fingerprint density at radius 3 is 2.07 bits per heavy atom. The average molecular weight is 1660 g/mol. The monoisotopic (exact) mass is 1660 g/mol. The number of methoxy groups -OCH3 is 1. The molecule has 122 heavy (non-hydrogen) atoms. The minimum Gasteiger partial charge on any atom is -0.495 e. The summed E-state index contributed by atoms with van der Waals surface area (Å²) >= 11 is 0. The van der Waals surface area contributed by atoms with Gasteiger partial charge in [-0.2, -0.15) is 0 Å². The van der Waals surface area contributed by atoms with Crippen molar-refractivity contribution in [2.45, 2.75) is 106 Å². The van der Waals surface area contributed by atoms with Crippen LogP contribution in [-0.4, -0.2) is 217 Å². The van der Waals surface area contributed by atoms with E-state index in [1.54, 1.807) is 60.3 Å². The summed E-state index contributed by atoms with van der Waals surface area (Å²) in [5, 5.41) is 31.8. The molecule has 1 saturated carbocycles. The van der Waals surface area contributed by atoms with Crippen LogP contribution in [0.25, 0.3) is 44.1 Å². The van der Waals surface area contributed by atoms with Crippen LogP contribution < -0.4 is 62.6 Å². The standard InChI is InChI=1S/C90H98N16O16/c1-89(98-38-14-17-58-24-29-74(119-3)73(46-58)105-42-35-80(112)106(88(105)118)55-96-77(109)48-92-75(107)30-31-81(113)114)36-43-103(44-37-89)61-33-40-104(41-34-61)86-100-71-28-25-59(69-52-102(2)85(116)82-67(69)32-39-91-82)47-68(71)83(101-86)90(122-62-26-27-62,60-18-8-5-9-19-60)54-120-56-97-78(110)49-94-84(115)72(45-57-15-6-4-7-16-57)99-79(111)51-93-76(108)50-95-87(117)121-53-70-65-22-12-10-20-63(65)64-21-11-13-23-66(64)70/h4-13,15-16,18-25,28-29,32,39,46-47,52,61-62,70,72,91,98H,26-27,30-31,33-38,40-45,48-51,53-56H2,1-3H3,(H,92,107)(H,93,108)(H,94,115)(H,95,117)(H,96,109)(H,97,110)(H,99,111)(H,113,114)/t72-,90-/m0/s1. The number of aryl methyl sites for hydroxylation is 1. The van der Waals surface area contributed by atoms with Crippen molar-refractivity contribution >= 4 is 92.9 Å². The molecule has 2 aliphatic carbocycles. The molecule has 32 heteroatoms. The second-order valence-electron chi connectivity index (χ2n) is 31.2. The molecule has 3 aliphatic heterocycles. The van der Waals surface area contributed by atoms with Crippen molar-refractivity contribution < 1.29 is 72.0 Å². The maximum atomic E-state index is 14.0. The Balaban J connectivity index is 0.605. The number of imide groups is 1. The van der Waals surface area contributed by atoms with E-state index < -0.39 is 110 Å². The fraction of sp³-hybridized carbons (Fsp3) is 0.367. The molecule has 2 atom stereocenters. The number of carbonyl (C=O) groups excluding carboxylic acids is 9. The Morgan fingerprint density at radius 2 is 1.35 bits per heavy atom. The third-order valence-corrected chi connectivity index (χ3v) is 22.9. The number of alkyl carbamates (subject to hydrolysis) is 1. The zero-order valence-corrected chi connectivity index (χ0v) is 68.1. The number of nitrogens with zero attached hydrogens (tertiary/aromatic N) is 7. The molecule has 0 spiro atoms. The Hall–Kier alpha value is -13.4. The first-order valence-corrected chi connectivity index (χ1v) is 40.9. The first kappa shape index (κ1) is 85.1. The third-order valence-electron chi connectivity index (χ3n) is 22.9. The number of pyridine rings is 1. The van der Waals surface area contributed by atoms with E-state index in [9.17, 15) is 52.7 Å². The average Bonchev–Trinajstić information content (AvgIpc) is 1.48. The number of hydrogen-bond donors (Lipinski definition) is 10. The van der Waals surface area contributed by atoms with E-state index >= 15 is 0 Å². The predicted octanol–water partition coefficient (Wildman–Crippen LogP) is 6.17. The molecule has 0 bridgehead atoms. The number of fused-ring (bicyclic) bond motifs is 5. The van der Waals surface area contributed by atoms with Gasteiger partial charge < -0.3 is 85.9 Å². The summed E-state index contributed by atoms with van der Waals surface area (Å²) in [5.41, 5.74) is 8.11. The van der Waals surface area contributed by atoms with Crippen molar-refractivity contribution in [3.05, 3.63) is 208 Å². The van der Waals surface area contributed by atoms with Crippen molar-refractivity contribution in [1.29, 1.82) is 0 Å². The molecular weight excluding hydrogens is 1560 g/mol. The SMILES string of the molecule is COc1ccc(C#CCNC2(C)CCN(C3CCN(c4nc([C@@](COCNC(=O)CNC(=O)[C@H](Cc5ccccc5)NC(=O)CNC(=O)CNC(=O)OCC5c6ccccc6-c6ccccc65)(OC5CC5)c5ccccc5)c5cc(-c6cn(C)c(=O)c7[nH]ccc67)ccc5n4)CC3)CC2)cc1N1CCC(=O)N(CNC(=O)CNC(=O)CCC(=O)O)C1=O. The summed E-state index contributed by atoms with van der Waals surface area (Å²) in [6, 6.07) is 46.1. The summed E-state index contributed by atoms with van der Waals surface area (Å²) < 4.78 is 26.7. The number of benzene rings is 6. The second-order valence-corrected chi connectivity index (χ2v) is 31.2. The van der Waals surface area contributed by atoms with Crippen LogP contribution >= 0.6 is 0 Å². The van der Waals surface area contributed by atoms with Crippen LogP contribution in [0.3, 0.4) is 0 Å². The number of ether oxygens (including phenoxy) is 4. The number of carboxylic acids is 1. The van der Waals surface area contributed by atoms with E-state index in [1.165, 1.54) is 12.0 Å². The molecular formula is C90H98N16O16. The highest BCUT2D eigenvalue weighted by atomic mass is 16.6. The zero-order valence-electron chi connectivity index (χ0n) is 68.1. The minimum absolute atomic E-state index is 0.0383. The van der Waals surface area contributed by atoms with Gasteiger partial charge in [-0.3, -0.25) is 48.1 Å². The number of aromatic amines is 1. The van der Waals surface area contributed by atoms with Crippen molar-refractivity contribution in [2.24, 2.45) is 7.05 Å². The number of amides is 10. The number of aliphatic carboxylic acids is 1. The lowest BCUT2D eigenvalue weighted by molar-refractivity contribution is -0.138. The van der Waals surface area contributed by atoms with Crippen molar-refractivity contribution in [3.63, 3.8) is 0 Å². The van der Waals surface area contributed by atoms with Crippen LogP contribution in [0.2, 0.25) is 0 Å².